The summed E-state index contributed by atoms with van der Waals surface area (Å²) in [5.41, 5.74) is 1.58. The van der Waals surface area contributed by atoms with E-state index in [2.05, 4.69) is 16.8 Å². The minimum atomic E-state index is -0.415. The second kappa shape index (κ2) is 6.73. The van der Waals surface area contributed by atoms with Crippen LogP contribution in [-0.2, 0) is 13.0 Å². The lowest BCUT2D eigenvalue weighted by Crippen LogP contribution is -2.31. The molecule has 2 rings (SSSR count). The molecule has 0 aliphatic rings. The zero-order valence-corrected chi connectivity index (χ0v) is 11.7. The molecule has 0 saturated carbocycles. The molecule has 21 heavy (non-hydrogen) atoms. The number of hydrogen-bond acceptors (Lipinski definition) is 3. The van der Waals surface area contributed by atoms with Crippen molar-refractivity contribution in [1.29, 1.82) is 0 Å². The van der Waals surface area contributed by atoms with Crippen LogP contribution >= 0.6 is 0 Å². The van der Waals surface area contributed by atoms with Crippen molar-refractivity contribution < 1.29 is 5.11 Å². The summed E-state index contributed by atoms with van der Waals surface area (Å²) >= 11 is 0. The Morgan fingerprint density at radius 2 is 1.95 bits per heavy atom. The van der Waals surface area contributed by atoms with Gasteiger partial charge in [-0.25, -0.2) is 4.79 Å². The molecule has 5 nitrogen and oxygen atoms in total. The number of H-pyrrole nitrogens is 1. The molecule has 108 valence electrons. The third-order valence-corrected chi connectivity index (χ3v) is 3.08. The monoisotopic (exact) mass is 284 g/mol. The summed E-state index contributed by atoms with van der Waals surface area (Å²) in [6, 6.07) is 7.39. The van der Waals surface area contributed by atoms with Crippen LogP contribution in [0.25, 0.3) is 0 Å². The fraction of sp³-hybridized carbons (Fsp3) is 0.250. The van der Waals surface area contributed by atoms with Gasteiger partial charge in [-0.15, -0.1) is 0 Å². The van der Waals surface area contributed by atoms with E-state index < -0.39 is 5.69 Å². The van der Waals surface area contributed by atoms with Gasteiger partial charge in [0.25, 0.3) is 5.56 Å². The smallest absolute Gasteiger partial charge is 0.328 e. The first-order chi connectivity index (χ1) is 10.1. The molecule has 0 atom stereocenters. The van der Waals surface area contributed by atoms with Crippen LogP contribution in [0.2, 0.25) is 0 Å². The van der Waals surface area contributed by atoms with Crippen LogP contribution in [0, 0.1) is 11.8 Å². The van der Waals surface area contributed by atoms with Crippen LogP contribution in [-0.4, -0.2) is 21.3 Å². The first kappa shape index (κ1) is 14.8. The van der Waals surface area contributed by atoms with Crippen LogP contribution in [0.15, 0.2) is 40.1 Å². The quantitative estimate of drug-likeness (QED) is 0.806. The van der Waals surface area contributed by atoms with E-state index in [1.807, 2.05) is 31.2 Å². The molecule has 2 aromatic rings. The molecule has 1 heterocycles. The van der Waals surface area contributed by atoms with E-state index >= 15 is 0 Å². The lowest BCUT2D eigenvalue weighted by atomic mass is 10.1. The fourth-order valence-corrected chi connectivity index (χ4v) is 1.96. The standard InChI is InChI=1S/C16H16N2O3/c1-2-14-11-18(16(21)17-15(14)20)10-13-7-5-12(6-8-13)4-3-9-19/h5-8,11,19H,2,9-10H2,1H3,(H,17,20,21). The predicted molar refractivity (Wildman–Crippen MR) is 80.2 cm³/mol. The van der Waals surface area contributed by atoms with Gasteiger partial charge in [-0.1, -0.05) is 30.9 Å². The molecule has 0 aliphatic heterocycles. The number of aliphatic hydroxyl groups is 1. The van der Waals surface area contributed by atoms with Gasteiger partial charge in [-0.2, -0.15) is 0 Å². The number of aromatic nitrogens is 2. The van der Waals surface area contributed by atoms with Gasteiger partial charge < -0.3 is 5.11 Å². The average Bonchev–Trinajstić information content (AvgIpc) is 2.49. The maximum absolute atomic E-state index is 11.8. The van der Waals surface area contributed by atoms with Gasteiger partial charge in [0.1, 0.15) is 6.61 Å². The molecule has 1 aromatic carbocycles. The number of rotatable bonds is 3. The largest absolute Gasteiger partial charge is 0.384 e. The molecular formula is C16H16N2O3. The first-order valence-electron chi connectivity index (χ1n) is 6.65. The highest BCUT2D eigenvalue weighted by Crippen LogP contribution is 2.05. The summed E-state index contributed by atoms with van der Waals surface area (Å²) in [5, 5.41) is 8.64. The van der Waals surface area contributed by atoms with Crippen molar-refractivity contribution in [3.63, 3.8) is 0 Å². The third kappa shape index (κ3) is 3.71. The Hall–Kier alpha value is -2.58. The number of nitrogens with one attached hydrogen (secondary N) is 1. The Labute approximate surface area is 121 Å². The van der Waals surface area contributed by atoms with Gasteiger partial charge in [-0.05, 0) is 24.1 Å². The molecule has 0 fully saturated rings. The van der Waals surface area contributed by atoms with E-state index in [0.29, 0.717) is 18.5 Å². The van der Waals surface area contributed by atoms with E-state index in [9.17, 15) is 9.59 Å². The zero-order valence-electron chi connectivity index (χ0n) is 11.7. The van der Waals surface area contributed by atoms with Crippen LogP contribution in [0.3, 0.4) is 0 Å². The first-order valence-corrected chi connectivity index (χ1v) is 6.65. The van der Waals surface area contributed by atoms with Crippen molar-refractivity contribution in [3.05, 3.63) is 68.0 Å². The lowest BCUT2D eigenvalue weighted by molar-refractivity contribution is 0.350. The van der Waals surface area contributed by atoms with Crippen molar-refractivity contribution in [2.24, 2.45) is 0 Å². The van der Waals surface area contributed by atoms with Gasteiger partial charge in [-0.3, -0.25) is 14.3 Å². The molecule has 0 spiro atoms. The Bertz CT molecular complexity index is 789. The van der Waals surface area contributed by atoms with E-state index in [-0.39, 0.29) is 12.2 Å². The minimum Gasteiger partial charge on any atom is -0.384 e. The molecule has 5 heteroatoms. The summed E-state index contributed by atoms with van der Waals surface area (Å²) in [7, 11) is 0. The summed E-state index contributed by atoms with van der Waals surface area (Å²) in [5.74, 6) is 5.38. The lowest BCUT2D eigenvalue weighted by Gasteiger charge is -2.07. The minimum absolute atomic E-state index is 0.172. The molecule has 0 unspecified atom stereocenters. The summed E-state index contributed by atoms with van der Waals surface area (Å²) < 4.78 is 1.48. The van der Waals surface area contributed by atoms with Crippen LogP contribution in [0.4, 0.5) is 0 Å². The van der Waals surface area contributed by atoms with Crippen molar-refractivity contribution >= 4 is 0 Å². The maximum atomic E-state index is 11.8. The zero-order chi connectivity index (χ0) is 15.2. The predicted octanol–water partition coefficient (Wildman–Crippen LogP) is 0.491. The highest BCUT2D eigenvalue weighted by atomic mass is 16.2. The van der Waals surface area contributed by atoms with E-state index in [1.54, 1.807) is 6.20 Å². The molecule has 0 aliphatic carbocycles. The normalized spacial score (nSPS) is 10.0. The Kier molecular flexibility index (Phi) is 4.75. The van der Waals surface area contributed by atoms with Gasteiger partial charge >= 0.3 is 5.69 Å². The van der Waals surface area contributed by atoms with E-state index in [0.717, 1.165) is 11.1 Å². The summed E-state index contributed by atoms with van der Waals surface area (Å²) in [4.78, 5) is 25.6. The summed E-state index contributed by atoms with van der Waals surface area (Å²) in [6.07, 6.45) is 2.17. The molecule has 0 radical (unpaired) electrons. The average molecular weight is 284 g/mol. The molecule has 0 amide bonds. The third-order valence-electron chi connectivity index (χ3n) is 3.08. The second-order valence-corrected chi connectivity index (χ2v) is 4.55. The number of aromatic amines is 1. The van der Waals surface area contributed by atoms with Crippen molar-refractivity contribution in [3.8, 4) is 11.8 Å². The molecule has 0 saturated heterocycles. The Morgan fingerprint density at radius 3 is 2.57 bits per heavy atom. The topological polar surface area (TPSA) is 75.1 Å². The van der Waals surface area contributed by atoms with Gasteiger partial charge in [0.05, 0.1) is 6.54 Å². The SMILES string of the molecule is CCc1cn(Cc2ccc(C#CCO)cc2)c(=O)[nH]c1=O. The van der Waals surface area contributed by atoms with E-state index in [4.69, 9.17) is 5.11 Å². The van der Waals surface area contributed by atoms with Crippen molar-refractivity contribution in [2.45, 2.75) is 19.9 Å². The van der Waals surface area contributed by atoms with Crippen LogP contribution < -0.4 is 11.2 Å². The fourth-order valence-electron chi connectivity index (χ4n) is 1.96. The Balaban J connectivity index is 2.26. The molecule has 1 aromatic heterocycles. The highest BCUT2D eigenvalue weighted by molar-refractivity contribution is 5.36. The second-order valence-electron chi connectivity index (χ2n) is 4.55. The number of nitrogens with zero attached hydrogens (tertiary/aromatic N) is 1. The van der Waals surface area contributed by atoms with Crippen LogP contribution in [0.5, 0.6) is 0 Å². The van der Waals surface area contributed by atoms with Gasteiger partial charge in [0.15, 0.2) is 0 Å². The number of aliphatic hydroxyl groups excluding tert-OH is 1. The number of benzene rings is 1. The number of hydrogen-bond donors (Lipinski definition) is 2. The number of aryl methyl sites for hydroxylation is 1. The van der Waals surface area contributed by atoms with Gasteiger partial charge in [0, 0.05) is 17.3 Å². The molecule has 0 bridgehead atoms. The van der Waals surface area contributed by atoms with E-state index in [1.165, 1.54) is 4.57 Å². The Morgan fingerprint density at radius 1 is 1.24 bits per heavy atom. The van der Waals surface area contributed by atoms with Crippen molar-refractivity contribution in [1.82, 2.24) is 9.55 Å². The molecular weight excluding hydrogens is 268 g/mol. The van der Waals surface area contributed by atoms with Gasteiger partial charge in [0.2, 0.25) is 0 Å². The van der Waals surface area contributed by atoms with Crippen molar-refractivity contribution in [2.75, 3.05) is 6.61 Å². The van der Waals surface area contributed by atoms with Crippen LogP contribution in [0.1, 0.15) is 23.6 Å². The maximum Gasteiger partial charge on any atom is 0.328 e. The highest BCUT2D eigenvalue weighted by Gasteiger charge is 2.03. The summed E-state index contributed by atoms with van der Waals surface area (Å²) in [6.45, 7) is 2.08. The molecule has 2 N–H and O–H groups in total.